The average Bonchev–Trinajstić information content (AvgIpc) is 2.79. The zero-order chi connectivity index (χ0) is 11.4. The highest BCUT2D eigenvalue weighted by Crippen LogP contribution is 2.10. The monoisotopic (exact) mass is 241 g/mol. The lowest BCUT2D eigenvalue weighted by atomic mass is 10.2. The topological polar surface area (TPSA) is 49.8 Å². The highest BCUT2D eigenvalue weighted by atomic mass is 32.1. The van der Waals surface area contributed by atoms with Crippen molar-refractivity contribution in [2.45, 2.75) is 12.5 Å². The van der Waals surface area contributed by atoms with E-state index in [0.29, 0.717) is 13.2 Å². The van der Waals surface area contributed by atoms with Crippen molar-refractivity contribution in [3.63, 3.8) is 0 Å². The Morgan fingerprint density at radius 2 is 2.56 bits per heavy atom. The van der Waals surface area contributed by atoms with Gasteiger partial charge in [0.05, 0.1) is 6.61 Å². The van der Waals surface area contributed by atoms with Crippen LogP contribution >= 0.6 is 11.3 Å². The molecule has 0 amide bonds. The van der Waals surface area contributed by atoms with Crippen LogP contribution in [0.25, 0.3) is 0 Å². The summed E-state index contributed by atoms with van der Waals surface area (Å²) in [6, 6.07) is 2.11. The molecule has 0 bridgehead atoms. The largest absolute Gasteiger partial charge is 0.479 e. The zero-order valence-corrected chi connectivity index (χ0v) is 9.78. The van der Waals surface area contributed by atoms with Gasteiger partial charge in [0.25, 0.3) is 0 Å². The van der Waals surface area contributed by atoms with Gasteiger partial charge in [-0.05, 0) is 28.8 Å². The number of carboxylic acid groups (broad SMARTS) is 1. The molecule has 1 aromatic rings. The van der Waals surface area contributed by atoms with Gasteiger partial charge in [0.15, 0.2) is 6.10 Å². The summed E-state index contributed by atoms with van der Waals surface area (Å²) < 4.78 is 5.17. The number of nitrogens with zero attached hydrogens (tertiary/aromatic N) is 1. The molecule has 1 atom stereocenters. The van der Waals surface area contributed by atoms with Crippen molar-refractivity contribution >= 4 is 17.3 Å². The van der Waals surface area contributed by atoms with Crippen LogP contribution in [0, 0.1) is 0 Å². The number of hydrogen-bond donors (Lipinski definition) is 1. The smallest absolute Gasteiger partial charge is 0.334 e. The Morgan fingerprint density at radius 1 is 1.69 bits per heavy atom. The molecule has 0 spiro atoms. The van der Waals surface area contributed by atoms with Gasteiger partial charge in [0, 0.05) is 19.6 Å². The summed E-state index contributed by atoms with van der Waals surface area (Å²) in [6.07, 6.45) is 0.326. The molecule has 88 valence electrons. The summed E-state index contributed by atoms with van der Waals surface area (Å²) in [4.78, 5) is 12.9. The van der Waals surface area contributed by atoms with Crippen molar-refractivity contribution in [2.75, 3.05) is 26.2 Å². The number of carboxylic acids is 1. The van der Waals surface area contributed by atoms with E-state index in [0.717, 1.165) is 19.5 Å². The van der Waals surface area contributed by atoms with Crippen molar-refractivity contribution in [2.24, 2.45) is 0 Å². The third-order valence-corrected chi connectivity index (χ3v) is 3.45. The molecule has 1 aromatic heterocycles. The van der Waals surface area contributed by atoms with E-state index in [1.54, 1.807) is 11.3 Å². The molecule has 0 aliphatic carbocycles. The fourth-order valence-electron chi connectivity index (χ4n) is 1.78. The molecule has 4 nitrogen and oxygen atoms in total. The molecule has 5 heteroatoms. The molecule has 1 saturated heterocycles. The summed E-state index contributed by atoms with van der Waals surface area (Å²) in [5.41, 5.74) is 1.32. The van der Waals surface area contributed by atoms with Gasteiger partial charge in [-0.3, -0.25) is 4.90 Å². The zero-order valence-electron chi connectivity index (χ0n) is 8.96. The van der Waals surface area contributed by atoms with Crippen molar-refractivity contribution in [1.82, 2.24) is 4.90 Å². The summed E-state index contributed by atoms with van der Waals surface area (Å²) in [5.74, 6) is -0.861. The Bertz CT molecular complexity index is 339. The first-order chi connectivity index (χ1) is 7.75. The predicted octanol–water partition coefficient (Wildman–Crippen LogP) is 1.08. The van der Waals surface area contributed by atoms with Crippen LogP contribution in [-0.2, 0) is 16.0 Å². The van der Waals surface area contributed by atoms with E-state index >= 15 is 0 Å². The minimum absolute atomic E-state index is 0.499. The normalized spacial score (nSPS) is 22.1. The second-order valence-corrected chi connectivity index (χ2v) is 4.66. The van der Waals surface area contributed by atoms with E-state index in [2.05, 4.69) is 21.7 Å². The van der Waals surface area contributed by atoms with Gasteiger partial charge < -0.3 is 9.84 Å². The maximum atomic E-state index is 10.8. The second kappa shape index (κ2) is 5.43. The lowest BCUT2D eigenvalue weighted by Crippen LogP contribution is -2.46. The number of aliphatic carboxylic acids is 1. The summed E-state index contributed by atoms with van der Waals surface area (Å²) in [5, 5.41) is 13.1. The van der Waals surface area contributed by atoms with Crippen LogP contribution in [0.3, 0.4) is 0 Å². The molecule has 16 heavy (non-hydrogen) atoms. The number of rotatable bonds is 4. The number of thiophene rings is 1. The Morgan fingerprint density at radius 3 is 3.25 bits per heavy atom. The maximum Gasteiger partial charge on any atom is 0.334 e. The molecular weight excluding hydrogens is 226 g/mol. The summed E-state index contributed by atoms with van der Waals surface area (Å²) in [6.45, 7) is 2.75. The van der Waals surface area contributed by atoms with Crippen molar-refractivity contribution in [1.29, 1.82) is 0 Å². The van der Waals surface area contributed by atoms with Gasteiger partial charge in [-0.2, -0.15) is 11.3 Å². The van der Waals surface area contributed by atoms with Gasteiger partial charge in [0.1, 0.15) is 0 Å². The van der Waals surface area contributed by atoms with Crippen molar-refractivity contribution in [3.05, 3.63) is 22.4 Å². The van der Waals surface area contributed by atoms with Crippen LogP contribution in [0.15, 0.2) is 16.8 Å². The van der Waals surface area contributed by atoms with Crippen LogP contribution < -0.4 is 0 Å². The first-order valence-corrected chi connectivity index (χ1v) is 6.28. The van der Waals surface area contributed by atoms with E-state index in [1.165, 1.54) is 5.56 Å². The molecule has 0 saturated carbocycles. The van der Waals surface area contributed by atoms with E-state index in [-0.39, 0.29) is 0 Å². The molecule has 2 heterocycles. The lowest BCUT2D eigenvalue weighted by Gasteiger charge is -2.30. The van der Waals surface area contributed by atoms with Gasteiger partial charge >= 0.3 is 5.97 Å². The Hall–Kier alpha value is -0.910. The van der Waals surface area contributed by atoms with Gasteiger partial charge in [0.2, 0.25) is 0 Å². The van der Waals surface area contributed by atoms with Crippen LogP contribution in [0.2, 0.25) is 0 Å². The van der Waals surface area contributed by atoms with Crippen molar-refractivity contribution < 1.29 is 14.6 Å². The lowest BCUT2D eigenvalue weighted by molar-refractivity contribution is -0.155. The number of hydrogen-bond acceptors (Lipinski definition) is 4. The molecule has 1 fully saturated rings. The Labute approximate surface area is 98.4 Å². The second-order valence-electron chi connectivity index (χ2n) is 3.88. The maximum absolute atomic E-state index is 10.8. The molecule has 1 aliphatic heterocycles. The Balaban J connectivity index is 1.79. The number of morpholine rings is 1. The third-order valence-electron chi connectivity index (χ3n) is 2.72. The average molecular weight is 241 g/mol. The third kappa shape index (κ3) is 3.04. The van der Waals surface area contributed by atoms with E-state index in [1.807, 2.05) is 0 Å². The van der Waals surface area contributed by atoms with Gasteiger partial charge in [-0.25, -0.2) is 4.79 Å². The fraction of sp³-hybridized carbons (Fsp3) is 0.545. The van der Waals surface area contributed by atoms with Crippen LogP contribution in [0.4, 0.5) is 0 Å². The first kappa shape index (κ1) is 11.6. The minimum Gasteiger partial charge on any atom is -0.479 e. The highest BCUT2D eigenvalue weighted by Gasteiger charge is 2.25. The Kier molecular flexibility index (Phi) is 3.93. The SMILES string of the molecule is O=C(O)C1CN(CCc2ccsc2)CCO1. The molecule has 0 aromatic carbocycles. The summed E-state index contributed by atoms with van der Waals surface area (Å²) >= 11 is 1.69. The van der Waals surface area contributed by atoms with E-state index in [9.17, 15) is 4.79 Å². The van der Waals surface area contributed by atoms with E-state index < -0.39 is 12.1 Å². The van der Waals surface area contributed by atoms with Gasteiger partial charge in [-0.15, -0.1) is 0 Å². The molecule has 0 radical (unpaired) electrons. The van der Waals surface area contributed by atoms with E-state index in [4.69, 9.17) is 9.84 Å². The predicted molar refractivity (Wildman–Crippen MR) is 61.8 cm³/mol. The molecule has 1 N–H and O–H groups in total. The van der Waals surface area contributed by atoms with Crippen LogP contribution in [-0.4, -0.2) is 48.3 Å². The van der Waals surface area contributed by atoms with Gasteiger partial charge in [-0.1, -0.05) is 0 Å². The molecule has 2 rings (SSSR count). The van der Waals surface area contributed by atoms with Crippen LogP contribution in [0.1, 0.15) is 5.56 Å². The minimum atomic E-state index is -0.861. The molecular formula is C11H15NO3S. The standard InChI is InChI=1S/C11H15NO3S/c13-11(14)10-7-12(4-5-15-10)3-1-9-2-6-16-8-9/h2,6,8,10H,1,3-5,7H2,(H,13,14). The molecule has 1 aliphatic rings. The summed E-state index contributed by atoms with van der Waals surface area (Å²) in [7, 11) is 0. The highest BCUT2D eigenvalue weighted by molar-refractivity contribution is 7.07. The number of ether oxygens (including phenoxy) is 1. The van der Waals surface area contributed by atoms with Crippen molar-refractivity contribution in [3.8, 4) is 0 Å². The number of carbonyl (C=O) groups is 1. The first-order valence-electron chi connectivity index (χ1n) is 5.33. The fourth-order valence-corrected chi connectivity index (χ4v) is 2.48. The quantitative estimate of drug-likeness (QED) is 0.857. The molecule has 1 unspecified atom stereocenters. The van der Waals surface area contributed by atoms with Crippen LogP contribution in [0.5, 0.6) is 0 Å².